The van der Waals surface area contributed by atoms with Crippen LogP contribution in [0.4, 0.5) is 0 Å². The Morgan fingerprint density at radius 1 is 0.364 bits per heavy atom. The van der Waals surface area contributed by atoms with Crippen molar-refractivity contribution in [2.45, 2.75) is 6.92 Å². The predicted molar refractivity (Wildman–Crippen MR) is 189 cm³/mol. The van der Waals surface area contributed by atoms with Gasteiger partial charge in [0.2, 0.25) is 0 Å². The van der Waals surface area contributed by atoms with E-state index in [2.05, 4.69) is 169 Å². The fourth-order valence-electron chi connectivity index (χ4n) is 7.16. The van der Waals surface area contributed by atoms with Crippen molar-refractivity contribution < 1.29 is 0 Å². The molecular weight excluding hydrogens is 530 g/mol. The fourth-order valence-corrected chi connectivity index (χ4v) is 7.16. The molecule has 0 spiro atoms. The normalized spacial score (nSPS) is 11.8. The maximum Gasteiger partial charge on any atom is 0.0547 e. The zero-order chi connectivity index (χ0) is 29.2. The molecule has 1 nitrogen and oxygen atoms in total. The van der Waals surface area contributed by atoms with E-state index in [0.29, 0.717) is 0 Å². The van der Waals surface area contributed by atoms with E-state index in [1.165, 1.54) is 87.6 Å². The molecule has 0 amide bonds. The van der Waals surface area contributed by atoms with Crippen LogP contribution in [0.1, 0.15) is 5.56 Å². The van der Waals surface area contributed by atoms with Crippen molar-refractivity contribution in [3.8, 4) is 27.9 Å². The van der Waals surface area contributed by atoms with Crippen molar-refractivity contribution in [3.63, 3.8) is 0 Å². The van der Waals surface area contributed by atoms with Crippen LogP contribution in [-0.4, -0.2) is 4.57 Å². The second-order valence-electron chi connectivity index (χ2n) is 11.8. The largest absolute Gasteiger partial charge is 0.309 e. The van der Waals surface area contributed by atoms with Crippen molar-refractivity contribution in [2.75, 3.05) is 0 Å². The molecule has 8 aromatic carbocycles. The number of hydrogen-bond donors (Lipinski definition) is 0. The van der Waals surface area contributed by atoms with Crippen molar-refractivity contribution in [2.24, 2.45) is 0 Å². The second-order valence-corrected chi connectivity index (χ2v) is 11.8. The van der Waals surface area contributed by atoms with Gasteiger partial charge >= 0.3 is 0 Å². The number of aryl methyl sites for hydroxylation is 1. The molecule has 0 aliphatic rings. The lowest BCUT2D eigenvalue weighted by atomic mass is 9.88. The third-order valence-electron chi connectivity index (χ3n) is 9.24. The lowest BCUT2D eigenvalue weighted by Gasteiger charge is -2.16. The molecule has 1 heterocycles. The summed E-state index contributed by atoms with van der Waals surface area (Å²) in [6.07, 6.45) is 0. The summed E-state index contributed by atoms with van der Waals surface area (Å²) in [4.78, 5) is 0. The highest BCUT2D eigenvalue weighted by Gasteiger charge is 2.17. The van der Waals surface area contributed by atoms with E-state index in [4.69, 9.17) is 0 Å². The monoisotopic (exact) mass is 559 g/mol. The molecule has 1 heteroatoms. The van der Waals surface area contributed by atoms with Gasteiger partial charge in [0.1, 0.15) is 0 Å². The minimum atomic E-state index is 1.17. The quantitative estimate of drug-likeness (QED) is 0.190. The third-order valence-corrected chi connectivity index (χ3v) is 9.24. The van der Waals surface area contributed by atoms with Gasteiger partial charge in [-0.05, 0) is 91.8 Å². The van der Waals surface area contributed by atoms with Crippen LogP contribution in [0.15, 0.2) is 158 Å². The van der Waals surface area contributed by atoms with Crippen LogP contribution < -0.4 is 0 Å². The number of nitrogens with zero attached hydrogens (tertiary/aromatic N) is 1. The first kappa shape index (κ1) is 24.9. The second kappa shape index (κ2) is 9.69. The van der Waals surface area contributed by atoms with Gasteiger partial charge in [0.15, 0.2) is 0 Å². The molecule has 0 unspecified atom stereocenters. The van der Waals surface area contributed by atoms with Crippen LogP contribution in [-0.2, 0) is 0 Å². The summed E-state index contributed by atoms with van der Waals surface area (Å²) in [5.41, 5.74) is 9.87. The number of rotatable bonds is 3. The van der Waals surface area contributed by atoms with Gasteiger partial charge in [0, 0.05) is 16.5 Å². The Labute approximate surface area is 256 Å². The molecule has 0 atom stereocenters. The summed E-state index contributed by atoms with van der Waals surface area (Å²) in [7, 11) is 0. The average molecular weight is 560 g/mol. The molecule has 0 fully saturated rings. The molecule has 0 bridgehead atoms. The highest BCUT2D eigenvalue weighted by Crippen LogP contribution is 2.43. The minimum absolute atomic E-state index is 1.17. The average Bonchev–Trinajstić information content (AvgIpc) is 3.42. The maximum atomic E-state index is 2.40. The fraction of sp³-hybridized carbons (Fsp3) is 0.0233. The van der Waals surface area contributed by atoms with Crippen LogP contribution >= 0.6 is 0 Å². The molecule has 44 heavy (non-hydrogen) atoms. The lowest BCUT2D eigenvalue weighted by Crippen LogP contribution is -1.93. The number of aromatic nitrogens is 1. The van der Waals surface area contributed by atoms with E-state index in [1.54, 1.807) is 0 Å². The Bertz CT molecular complexity index is 2530. The Hall–Kier alpha value is -5.66. The van der Waals surface area contributed by atoms with Gasteiger partial charge in [-0.1, -0.05) is 133 Å². The van der Waals surface area contributed by atoms with Gasteiger partial charge < -0.3 is 4.57 Å². The molecule has 9 aromatic rings. The van der Waals surface area contributed by atoms with Crippen molar-refractivity contribution in [1.82, 2.24) is 4.57 Å². The molecule has 0 saturated carbocycles. The first-order valence-electron chi connectivity index (χ1n) is 15.3. The maximum absolute atomic E-state index is 2.40. The standard InChI is InChI=1S/C43H29N/c1-28-18-20-29(21-19-28)30-22-25-39-40(26-30)35-13-6-5-12-34(35)38-16-9-15-33(43(38)39)31-23-24-37-36-14-7-8-17-41(36)44(42(37)27-31)32-10-3-2-4-11-32/h2-27H,1H3. The Morgan fingerprint density at radius 2 is 0.955 bits per heavy atom. The molecule has 0 radical (unpaired) electrons. The number of hydrogen-bond acceptors (Lipinski definition) is 0. The first-order valence-corrected chi connectivity index (χ1v) is 15.3. The zero-order valence-corrected chi connectivity index (χ0v) is 24.5. The molecule has 0 N–H and O–H groups in total. The van der Waals surface area contributed by atoms with E-state index in [-0.39, 0.29) is 0 Å². The highest BCUT2D eigenvalue weighted by atomic mass is 15.0. The minimum Gasteiger partial charge on any atom is -0.309 e. The van der Waals surface area contributed by atoms with Crippen LogP contribution in [0.25, 0.3) is 82.1 Å². The first-order chi connectivity index (χ1) is 21.7. The molecule has 0 aliphatic heterocycles. The van der Waals surface area contributed by atoms with Gasteiger partial charge in [0.05, 0.1) is 11.0 Å². The summed E-state index contributed by atoms with van der Waals surface area (Å²) >= 11 is 0. The van der Waals surface area contributed by atoms with Crippen LogP contribution in [0.5, 0.6) is 0 Å². The van der Waals surface area contributed by atoms with Crippen molar-refractivity contribution in [3.05, 3.63) is 163 Å². The SMILES string of the molecule is Cc1ccc(-c2ccc3c(c2)c2ccccc2c2cccc(-c4ccc5c6ccccc6n(-c6ccccc6)c5c4)c23)cc1. The smallest absolute Gasteiger partial charge is 0.0547 e. The van der Waals surface area contributed by atoms with E-state index in [9.17, 15) is 0 Å². The predicted octanol–water partition coefficient (Wildman–Crippen LogP) is 11.9. The van der Waals surface area contributed by atoms with Gasteiger partial charge in [-0.25, -0.2) is 0 Å². The number of fused-ring (bicyclic) bond motifs is 9. The summed E-state index contributed by atoms with van der Waals surface area (Å²) in [6, 6.07) is 58.0. The van der Waals surface area contributed by atoms with E-state index >= 15 is 0 Å². The molecule has 1 aromatic heterocycles. The van der Waals surface area contributed by atoms with Crippen LogP contribution in [0.3, 0.4) is 0 Å². The van der Waals surface area contributed by atoms with E-state index < -0.39 is 0 Å². The molecule has 9 rings (SSSR count). The van der Waals surface area contributed by atoms with Crippen LogP contribution in [0.2, 0.25) is 0 Å². The lowest BCUT2D eigenvalue weighted by molar-refractivity contribution is 1.18. The van der Waals surface area contributed by atoms with Gasteiger partial charge in [-0.3, -0.25) is 0 Å². The van der Waals surface area contributed by atoms with Crippen LogP contribution in [0, 0.1) is 6.92 Å². The van der Waals surface area contributed by atoms with Gasteiger partial charge in [-0.15, -0.1) is 0 Å². The van der Waals surface area contributed by atoms with Gasteiger partial charge in [0.25, 0.3) is 0 Å². The zero-order valence-electron chi connectivity index (χ0n) is 24.5. The highest BCUT2D eigenvalue weighted by molar-refractivity contribution is 6.29. The molecular formula is C43H29N. The molecule has 0 aliphatic carbocycles. The summed E-state index contributed by atoms with van der Waals surface area (Å²) in [5.74, 6) is 0. The summed E-state index contributed by atoms with van der Waals surface area (Å²) in [5, 5.41) is 10.3. The Kier molecular flexibility index (Phi) is 5.48. The third kappa shape index (κ3) is 3.73. The van der Waals surface area contributed by atoms with E-state index in [0.717, 1.165) is 0 Å². The van der Waals surface area contributed by atoms with Gasteiger partial charge in [-0.2, -0.15) is 0 Å². The Balaban J connectivity index is 1.36. The van der Waals surface area contributed by atoms with Crippen molar-refractivity contribution >= 4 is 54.1 Å². The Morgan fingerprint density at radius 3 is 1.77 bits per heavy atom. The van der Waals surface area contributed by atoms with E-state index in [1.807, 2.05) is 0 Å². The summed E-state index contributed by atoms with van der Waals surface area (Å²) in [6.45, 7) is 2.14. The number of benzene rings is 8. The topological polar surface area (TPSA) is 4.93 Å². The molecule has 0 saturated heterocycles. The van der Waals surface area contributed by atoms with Crippen molar-refractivity contribution in [1.29, 1.82) is 0 Å². The molecule has 206 valence electrons. The summed E-state index contributed by atoms with van der Waals surface area (Å²) < 4.78 is 2.40. The number of para-hydroxylation sites is 2.